The molecule has 0 spiro atoms. The van der Waals surface area contributed by atoms with Gasteiger partial charge >= 0.3 is 0 Å². The van der Waals surface area contributed by atoms with Crippen molar-refractivity contribution < 1.29 is 10.0 Å². The Kier molecular flexibility index (Phi) is 20.2. The van der Waals surface area contributed by atoms with Gasteiger partial charge < -0.3 is 10.5 Å². The Balaban J connectivity index is 3.14. The maximum absolute atomic E-state index is 11.6. The van der Waals surface area contributed by atoms with Crippen LogP contribution in [-0.4, -0.2) is 35.8 Å². The summed E-state index contributed by atoms with van der Waals surface area (Å²) < 4.78 is 0. The summed E-state index contributed by atoms with van der Waals surface area (Å²) in [6.45, 7) is 5.78. The Morgan fingerprint density at radius 1 is 0.731 bits per heavy atom. The van der Waals surface area contributed by atoms with Crippen LogP contribution in [0.25, 0.3) is 0 Å². The number of hydroxylamine groups is 2. The lowest BCUT2D eigenvalue weighted by molar-refractivity contribution is -0.122. The van der Waals surface area contributed by atoms with Crippen molar-refractivity contribution >= 4 is 5.91 Å². The minimum absolute atomic E-state index is 0.115. The molecule has 0 fully saturated rings. The molecule has 0 rings (SSSR count). The van der Waals surface area contributed by atoms with Crippen LogP contribution in [0.3, 0.4) is 0 Å². The molecular weight excluding hydrogens is 324 g/mol. The number of nitrogens with one attached hydrogen (secondary N) is 1. The van der Waals surface area contributed by atoms with Crippen molar-refractivity contribution in [3.63, 3.8) is 0 Å². The Morgan fingerprint density at radius 2 is 1.15 bits per heavy atom. The first kappa shape index (κ1) is 25.4. The molecule has 0 aliphatic carbocycles. The van der Waals surface area contributed by atoms with E-state index in [1.165, 1.54) is 88.5 Å². The predicted octanol–water partition coefficient (Wildman–Crippen LogP) is 6.08. The molecule has 0 unspecified atom stereocenters. The highest BCUT2D eigenvalue weighted by Gasteiger charge is 2.02. The molecule has 0 aromatic heterocycles. The third-order valence-corrected chi connectivity index (χ3v) is 5.06. The van der Waals surface area contributed by atoms with Gasteiger partial charge in [0.05, 0.1) is 0 Å². The van der Waals surface area contributed by atoms with Gasteiger partial charge in [-0.25, -0.2) is 0 Å². The van der Waals surface area contributed by atoms with E-state index in [4.69, 9.17) is 0 Å². The largest absolute Gasteiger partial charge is 0.355 e. The smallest absolute Gasteiger partial charge is 0.220 e. The summed E-state index contributed by atoms with van der Waals surface area (Å²) in [5.74, 6) is 0.115. The highest BCUT2D eigenvalue weighted by atomic mass is 16.5. The second-order valence-electron chi connectivity index (χ2n) is 7.60. The van der Waals surface area contributed by atoms with Crippen LogP contribution >= 0.6 is 0 Å². The summed E-state index contributed by atoms with van der Waals surface area (Å²) in [6.07, 6.45) is 20.8. The van der Waals surface area contributed by atoms with Crippen LogP contribution in [0.1, 0.15) is 117 Å². The molecule has 0 bridgehead atoms. The van der Waals surface area contributed by atoms with Crippen LogP contribution in [-0.2, 0) is 4.79 Å². The number of carbonyl (C=O) groups is 1. The van der Waals surface area contributed by atoms with E-state index in [1.807, 2.05) is 6.92 Å². The number of hydrogen-bond donors (Lipinski definition) is 2. The zero-order chi connectivity index (χ0) is 19.3. The predicted molar refractivity (Wildman–Crippen MR) is 112 cm³/mol. The van der Waals surface area contributed by atoms with E-state index in [2.05, 4.69) is 12.2 Å². The molecule has 0 aliphatic heterocycles. The van der Waals surface area contributed by atoms with Gasteiger partial charge in [0, 0.05) is 26.1 Å². The number of amides is 1. The Bertz CT molecular complexity index is 298. The Labute approximate surface area is 163 Å². The normalized spacial score (nSPS) is 11.2. The number of carbonyl (C=O) groups excluding carboxylic acids is 1. The van der Waals surface area contributed by atoms with Gasteiger partial charge in [-0.1, -0.05) is 104 Å². The van der Waals surface area contributed by atoms with Crippen molar-refractivity contribution in [2.75, 3.05) is 19.6 Å². The van der Waals surface area contributed by atoms with E-state index in [9.17, 15) is 10.0 Å². The van der Waals surface area contributed by atoms with Gasteiger partial charge in [0.25, 0.3) is 0 Å². The van der Waals surface area contributed by atoms with Gasteiger partial charge in [-0.2, -0.15) is 5.06 Å². The fraction of sp³-hybridized carbons (Fsp3) is 0.955. The molecule has 2 N–H and O–H groups in total. The topological polar surface area (TPSA) is 52.6 Å². The van der Waals surface area contributed by atoms with Gasteiger partial charge in [-0.15, -0.1) is 0 Å². The van der Waals surface area contributed by atoms with Crippen LogP contribution in [0.2, 0.25) is 0 Å². The third-order valence-electron chi connectivity index (χ3n) is 5.06. The van der Waals surface area contributed by atoms with Gasteiger partial charge in [-0.05, 0) is 6.42 Å². The van der Waals surface area contributed by atoms with E-state index >= 15 is 0 Å². The molecule has 0 saturated carbocycles. The second kappa shape index (κ2) is 20.7. The molecule has 0 radical (unpaired) electrons. The van der Waals surface area contributed by atoms with Crippen molar-refractivity contribution in [3.8, 4) is 0 Å². The van der Waals surface area contributed by atoms with Crippen molar-refractivity contribution in [3.05, 3.63) is 0 Å². The Hall–Kier alpha value is -0.610. The first-order valence-electron chi connectivity index (χ1n) is 11.4. The summed E-state index contributed by atoms with van der Waals surface area (Å²) in [5.41, 5.74) is 0. The summed E-state index contributed by atoms with van der Waals surface area (Å²) in [6, 6.07) is 0. The summed E-state index contributed by atoms with van der Waals surface area (Å²) >= 11 is 0. The number of hydrogen-bond acceptors (Lipinski definition) is 3. The first-order chi connectivity index (χ1) is 12.7. The maximum Gasteiger partial charge on any atom is 0.220 e. The Morgan fingerprint density at radius 3 is 1.58 bits per heavy atom. The number of likely N-dealkylation sites (N-methyl/N-ethyl adjacent to an activating group) is 1. The fourth-order valence-corrected chi connectivity index (χ4v) is 3.23. The van der Waals surface area contributed by atoms with Crippen LogP contribution in [0.15, 0.2) is 0 Å². The van der Waals surface area contributed by atoms with Crippen molar-refractivity contribution in [2.24, 2.45) is 0 Å². The van der Waals surface area contributed by atoms with Gasteiger partial charge in [-0.3, -0.25) is 4.79 Å². The van der Waals surface area contributed by atoms with Crippen molar-refractivity contribution in [2.45, 2.75) is 117 Å². The number of unbranched alkanes of at least 4 members (excludes halogenated alkanes) is 14. The van der Waals surface area contributed by atoms with E-state index in [0.717, 1.165) is 12.8 Å². The minimum atomic E-state index is 0.115. The standard InChI is InChI=1S/C22H46N2O2/c1-3-5-6-7-8-9-10-11-12-13-14-15-16-17-18-19-22(25)23-20-21-24(26)4-2/h26H,3-21H2,1-2H3,(H,23,25). The molecule has 4 heteroatoms. The highest BCUT2D eigenvalue weighted by Crippen LogP contribution is 2.13. The van der Waals surface area contributed by atoms with Crippen LogP contribution in [0.5, 0.6) is 0 Å². The SMILES string of the molecule is CCCCCCCCCCCCCCCCCC(=O)NCCN(O)CC. The van der Waals surface area contributed by atoms with E-state index < -0.39 is 0 Å². The number of nitrogens with zero attached hydrogens (tertiary/aromatic N) is 1. The minimum Gasteiger partial charge on any atom is -0.355 e. The van der Waals surface area contributed by atoms with Gasteiger partial charge in [0.2, 0.25) is 5.91 Å². The van der Waals surface area contributed by atoms with Gasteiger partial charge in [0.1, 0.15) is 0 Å². The monoisotopic (exact) mass is 370 g/mol. The average molecular weight is 371 g/mol. The zero-order valence-corrected chi connectivity index (χ0v) is 17.7. The molecule has 0 heterocycles. The number of rotatable bonds is 20. The molecule has 0 atom stereocenters. The van der Waals surface area contributed by atoms with Crippen LogP contribution in [0.4, 0.5) is 0 Å². The molecule has 4 nitrogen and oxygen atoms in total. The third kappa shape index (κ3) is 19.7. The first-order valence-corrected chi connectivity index (χ1v) is 11.4. The molecule has 0 aliphatic rings. The summed E-state index contributed by atoms with van der Waals surface area (Å²) in [4.78, 5) is 11.6. The summed E-state index contributed by atoms with van der Waals surface area (Å²) in [7, 11) is 0. The molecule has 1 amide bonds. The second-order valence-corrected chi connectivity index (χ2v) is 7.60. The van der Waals surface area contributed by atoms with Crippen LogP contribution < -0.4 is 5.32 Å². The molecule has 0 aromatic carbocycles. The fourth-order valence-electron chi connectivity index (χ4n) is 3.23. The van der Waals surface area contributed by atoms with E-state index in [-0.39, 0.29) is 5.91 Å². The zero-order valence-electron chi connectivity index (χ0n) is 17.7. The quantitative estimate of drug-likeness (QED) is 0.202. The molecular formula is C22H46N2O2. The molecule has 156 valence electrons. The van der Waals surface area contributed by atoms with Crippen molar-refractivity contribution in [1.29, 1.82) is 0 Å². The van der Waals surface area contributed by atoms with Crippen molar-refractivity contribution in [1.82, 2.24) is 10.4 Å². The van der Waals surface area contributed by atoms with Crippen LogP contribution in [0, 0.1) is 0 Å². The summed E-state index contributed by atoms with van der Waals surface area (Å²) in [5, 5.41) is 13.3. The molecule has 0 aromatic rings. The lowest BCUT2D eigenvalue weighted by Gasteiger charge is -2.12. The highest BCUT2D eigenvalue weighted by molar-refractivity contribution is 5.75. The molecule has 0 saturated heterocycles. The maximum atomic E-state index is 11.6. The van der Waals surface area contributed by atoms with Gasteiger partial charge in [0.15, 0.2) is 0 Å². The van der Waals surface area contributed by atoms with E-state index in [0.29, 0.717) is 26.1 Å². The lowest BCUT2D eigenvalue weighted by Crippen LogP contribution is -2.33. The van der Waals surface area contributed by atoms with E-state index in [1.54, 1.807) is 0 Å². The lowest BCUT2D eigenvalue weighted by atomic mass is 10.0. The molecule has 26 heavy (non-hydrogen) atoms. The average Bonchev–Trinajstić information content (AvgIpc) is 2.64.